The quantitative estimate of drug-likeness (QED) is 0.560. The number of benzene rings is 2. The van der Waals surface area contributed by atoms with Gasteiger partial charge in [-0.15, -0.1) is 10.2 Å². The number of carbonyl (C=O) groups is 1. The van der Waals surface area contributed by atoms with E-state index in [1.165, 1.54) is 17.8 Å². The lowest BCUT2D eigenvalue weighted by atomic mass is 10.2. The molecule has 1 aliphatic rings. The standard InChI is InChI=1S/C21H21ClFN5OS/c1-26-20(15-6-2-3-7-16(15)22)24-25-21(26)30-14-19(29)28-12-10-27(11-13-28)18-9-5-4-8-17(18)23/h2-9H,10-14H2,1H3. The highest BCUT2D eigenvalue weighted by Gasteiger charge is 2.23. The molecule has 0 unspecified atom stereocenters. The van der Waals surface area contributed by atoms with Gasteiger partial charge in [-0.1, -0.05) is 47.6 Å². The summed E-state index contributed by atoms with van der Waals surface area (Å²) in [7, 11) is 1.86. The smallest absolute Gasteiger partial charge is 0.233 e. The Bertz CT molecular complexity index is 1050. The zero-order chi connectivity index (χ0) is 21.1. The van der Waals surface area contributed by atoms with Gasteiger partial charge in [0.2, 0.25) is 5.91 Å². The van der Waals surface area contributed by atoms with Crippen molar-refractivity contribution in [3.63, 3.8) is 0 Å². The van der Waals surface area contributed by atoms with E-state index in [2.05, 4.69) is 10.2 Å². The van der Waals surface area contributed by atoms with Crippen molar-refractivity contribution < 1.29 is 9.18 Å². The van der Waals surface area contributed by atoms with E-state index >= 15 is 0 Å². The molecule has 3 aromatic rings. The minimum atomic E-state index is -0.232. The minimum absolute atomic E-state index is 0.0375. The molecule has 156 valence electrons. The van der Waals surface area contributed by atoms with Crippen LogP contribution in [0.2, 0.25) is 5.02 Å². The number of thioether (sulfide) groups is 1. The van der Waals surface area contributed by atoms with Gasteiger partial charge in [0, 0.05) is 38.8 Å². The fraction of sp³-hybridized carbons (Fsp3) is 0.286. The monoisotopic (exact) mass is 445 g/mol. The van der Waals surface area contributed by atoms with E-state index in [-0.39, 0.29) is 17.5 Å². The van der Waals surface area contributed by atoms with Gasteiger partial charge in [0.15, 0.2) is 11.0 Å². The molecule has 4 rings (SSSR count). The molecule has 0 saturated carbocycles. The van der Waals surface area contributed by atoms with Crippen molar-refractivity contribution in [3.8, 4) is 11.4 Å². The first-order valence-electron chi connectivity index (χ1n) is 9.59. The van der Waals surface area contributed by atoms with Crippen LogP contribution in [0.3, 0.4) is 0 Å². The van der Waals surface area contributed by atoms with Crippen LogP contribution in [0.5, 0.6) is 0 Å². The van der Waals surface area contributed by atoms with Crippen molar-refractivity contribution in [3.05, 3.63) is 59.4 Å². The lowest BCUT2D eigenvalue weighted by Gasteiger charge is -2.36. The highest BCUT2D eigenvalue weighted by Crippen LogP contribution is 2.28. The lowest BCUT2D eigenvalue weighted by molar-refractivity contribution is -0.128. The van der Waals surface area contributed by atoms with Crippen LogP contribution in [0.15, 0.2) is 53.7 Å². The summed E-state index contributed by atoms with van der Waals surface area (Å²) in [5.74, 6) is 0.739. The van der Waals surface area contributed by atoms with Gasteiger partial charge in [0.1, 0.15) is 5.82 Å². The maximum atomic E-state index is 14.0. The van der Waals surface area contributed by atoms with Gasteiger partial charge in [-0.2, -0.15) is 0 Å². The molecule has 6 nitrogen and oxygen atoms in total. The largest absolute Gasteiger partial charge is 0.366 e. The maximum absolute atomic E-state index is 14.0. The summed E-state index contributed by atoms with van der Waals surface area (Å²) >= 11 is 7.61. The predicted molar refractivity (Wildman–Crippen MR) is 117 cm³/mol. The Labute approximate surface area is 183 Å². The maximum Gasteiger partial charge on any atom is 0.233 e. The normalized spacial score (nSPS) is 14.2. The Morgan fingerprint density at radius 3 is 2.50 bits per heavy atom. The molecular weight excluding hydrogens is 425 g/mol. The third-order valence-electron chi connectivity index (χ3n) is 5.10. The molecule has 0 spiro atoms. The van der Waals surface area contributed by atoms with Crippen LogP contribution >= 0.6 is 23.4 Å². The Morgan fingerprint density at radius 2 is 1.77 bits per heavy atom. The van der Waals surface area contributed by atoms with Gasteiger partial charge in [-0.05, 0) is 24.3 Å². The van der Waals surface area contributed by atoms with Crippen molar-refractivity contribution >= 4 is 35.0 Å². The number of hydrogen-bond acceptors (Lipinski definition) is 5. The van der Waals surface area contributed by atoms with E-state index in [0.29, 0.717) is 47.9 Å². The van der Waals surface area contributed by atoms with Crippen molar-refractivity contribution in [2.75, 3.05) is 36.8 Å². The van der Waals surface area contributed by atoms with Crippen LogP contribution < -0.4 is 4.90 Å². The first-order valence-corrected chi connectivity index (χ1v) is 11.0. The molecule has 30 heavy (non-hydrogen) atoms. The number of amides is 1. The molecule has 1 aliphatic heterocycles. The fourth-order valence-corrected chi connectivity index (χ4v) is 4.47. The second-order valence-corrected chi connectivity index (χ2v) is 8.30. The third kappa shape index (κ3) is 4.29. The number of hydrogen-bond donors (Lipinski definition) is 0. The van der Waals surface area contributed by atoms with E-state index in [4.69, 9.17) is 11.6 Å². The number of halogens is 2. The summed E-state index contributed by atoms with van der Waals surface area (Å²) < 4.78 is 15.8. The molecule has 1 fully saturated rings. The zero-order valence-corrected chi connectivity index (χ0v) is 18.0. The van der Waals surface area contributed by atoms with Crippen LogP contribution in [-0.4, -0.2) is 57.5 Å². The average Bonchev–Trinajstić information content (AvgIpc) is 3.13. The molecule has 0 bridgehead atoms. The van der Waals surface area contributed by atoms with E-state index < -0.39 is 0 Å². The third-order valence-corrected chi connectivity index (χ3v) is 6.43. The van der Waals surface area contributed by atoms with Crippen molar-refractivity contribution in [2.45, 2.75) is 5.16 Å². The molecule has 0 atom stereocenters. The van der Waals surface area contributed by atoms with Gasteiger partial charge in [-0.25, -0.2) is 4.39 Å². The van der Waals surface area contributed by atoms with Gasteiger partial charge < -0.3 is 14.4 Å². The molecular formula is C21H21ClFN5OS. The Morgan fingerprint density at radius 1 is 1.07 bits per heavy atom. The van der Waals surface area contributed by atoms with Crippen LogP contribution in [-0.2, 0) is 11.8 Å². The molecule has 1 aromatic heterocycles. The minimum Gasteiger partial charge on any atom is -0.366 e. The molecule has 0 radical (unpaired) electrons. The van der Waals surface area contributed by atoms with Crippen LogP contribution in [0, 0.1) is 5.82 Å². The van der Waals surface area contributed by atoms with Gasteiger partial charge >= 0.3 is 0 Å². The van der Waals surface area contributed by atoms with Crippen molar-refractivity contribution in [2.24, 2.45) is 7.05 Å². The molecule has 2 heterocycles. The van der Waals surface area contributed by atoms with E-state index in [1.54, 1.807) is 12.1 Å². The molecule has 0 N–H and O–H groups in total. The molecule has 9 heteroatoms. The number of aromatic nitrogens is 3. The number of nitrogens with zero attached hydrogens (tertiary/aromatic N) is 5. The highest BCUT2D eigenvalue weighted by atomic mass is 35.5. The van der Waals surface area contributed by atoms with Crippen LogP contribution in [0.1, 0.15) is 0 Å². The average molecular weight is 446 g/mol. The fourth-order valence-electron chi connectivity index (χ4n) is 3.44. The van der Waals surface area contributed by atoms with Gasteiger partial charge in [0.05, 0.1) is 16.5 Å². The second kappa shape index (κ2) is 9.06. The zero-order valence-electron chi connectivity index (χ0n) is 16.5. The summed E-state index contributed by atoms with van der Waals surface area (Å²) in [6, 6.07) is 14.2. The van der Waals surface area contributed by atoms with E-state index in [0.717, 1.165) is 5.56 Å². The lowest BCUT2D eigenvalue weighted by Crippen LogP contribution is -2.49. The summed E-state index contributed by atoms with van der Waals surface area (Å²) in [5.41, 5.74) is 1.39. The molecule has 1 amide bonds. The first-order chi connectivity index (χ1) is 14.5. The first kappa shape index (κ1) is 20.7. The van der Waals surface area contributed by atoms with Crippen LogP contribution in [0.4, 0.5) is 10.1 Å². The van der Waals surface area contributed by atoms with Crippen molar-refractivity contribution in [1.29, 1.82) is 0 Å². The highest BCUT2D eigenvalue weighted by molar-refractivity contribution is 7.99. The van der Waals surface area contributed by atoms with Gasteiger partial charge in [0.25, 0.3) is 0 Å². The number of para-hydroxylation sites is 1. The Kier molecular flexibility index (Phi) is 6.24. The van der Waals surface area contributed by atoms with E-state index in [1.807, 2.05) is 51.7 Å². The van der Waals surface area contributed by atoms with E-state index in [9.17, 15) is 9.18 Å². The summed E-state index contributed by atoms with van der Waals surface area (Å²) in [6.07, 6.45) is 0. The number of anilines is 1. The number of carbonyl (C=O) groups excluding carboxylic acids is 1. The SMILES string of the molecule is Cn1c(SCC(=O)N2CCN(c3ccccc3F)CC2)nnc1-c1ccccc1Cl. The Hall–Kier alpha value is -2.58. The summed E-state index contributed by atoms with van der Waals surface area (Å²) in [4.78, 5) is 16.4. The number of piperazine rings is 1. The molecule has 0 aliphatic carbocycles. The van der Waals surface area contributed by atoms with Gasteiger partial charge in [-0.3, -0.25) is 4.79 Å². The summed E-state index contributed by atoms with van der Waals surface area (Å²) in [6.45, 7) is 2.35. The summed E-state index contributed by atoms with van der Waals surface area (Å²) in [5, 5.41) is 9.70. The predicted octanol–water partition coefficient (Wildman–Crippen LogP) is 3.72. The Balaban J connectivity index is 1.34. The molecule has 2 aromatic carbocycles. The van der Waals surface area contributed by atoms with Crippen molar-refractivity contribution in [1.82, 2.24) is 19.7 Å². The molecule has 1 saturated heterocycles. The number of rotatable bonds is 5. The second-order valence-electron chi connectivity index (χ2n) is 6.95. The topological polar surface area (TPSA) is 54.3 Å². The van der Waals surface area contributed by atoms with Crippen LogP contribution in [0.25, 0.3) is 11.4 Å².